The van der Waals surface area contributed by atoms with Gasteiger partial charge in [0.05, 0.1) is 6.26 Å². The summed E-state index contributed by atoms with van der Waals surface area (Å²) in [5.41, 5.74) is 1.11. The number of rotatable bonds is 6. The highest BCUT2D eigenvalue weighted by atomic mass is 16.5. The van der Waals surface area contributed by atoms with Gasteiger partial charge in [0.25, 0.3) is 0 Å². The Morgan fingerprint density at radius 1 is 1.27 bits per heavy atom. The van der Waals surface area contributed by atoms with Crippen molar-refractivity contribution in [2.45, 2.75) is 26.2 Å². The summed E-state index contributed by atoms with van der Waals surface area (Å²) in [7, 11) is 0. The number of allylic oxidation sites excluding steroid dienone is 1. The second kappa shape index (κ2) is 6.88. The third-order valence-corrected chi connectivity index (χ3v) is 2.14. The molecule has 80 valence electrons. The fourth-order valence-electron chi connectivity index (χ4n) is 1.20. The smallest absolute Gasteiger partial charge is 0.126 e. The minimum absolute atomic E-state index is 0.869. The van der Waals surface area contributed by atoms with E-state index in [0.717, 1.165) is 17.7 Å². The molecule has 1 rings (SSSR count). The van der Waals surface area contributed by atoms with Crippen LogP contribution < -0.4 is 4.74 Å². The van der Waals surface area contributed by atoms with Gasteiger partial charge in [-0.25, -0.2) is 0 Å². The molecular formula is C14H18O. The van der Waals surface area contributed by atoms with E-state index >= 15 is 0 Å². The molecule has 0 N–H and O–H groups in total. The van der Waals surface area contributed by atoms with Crippen molar-refractivity contribution >= 4 is 6.08 Å². The Balaban J connectivity index is 2.37. The lowest BCUT2D eigenvalue weighted by Crippen LogP contribution is -1.81. The molecule has 0 spiro atoms. The molecule has 1 aromatic carbocycles. The molecule has 1 heteroatoms. The largest absolute Gasteiger partial charge is 0.465 e. The monoisotopic (exact) mass is 202 g/mol. The molecule has 0 heterocycles. The first kappa shape index (κ1) is 11.6. The van der Waals surface area contributed by atoms with Gasteiger partial charge in [0, 0.05) is 0 Å². The maximum Gasteiger partial charge on any atom is 0.126 e. The van der Waals surface area contributed by atoms with Crippen molar-refractivity contribution in [1.82, 2.24) is 0 Å². The third kappa shape index (κ3) is 4.50. The summed E-state index contributed by atoms with van der Waals surface area (Å²) < 4.78 is 5.44. The van der Waals surface area contributed by atoms with Crippen LogP contribution in [-0.4, -0.2) is 0 Å². The lowest BCUT2D eigenvalue weighted by atomic mass is 10.2. The number of benzene rings is 1. The average molecular weight is 202 g/mol. The van der Waals surface area contributed by atoms with Crippen molar-refractivity contribution in [1.29, 1.82) is 0 Å². The van der Waals surface area contributed by atoms with Gasteiger partial charge in [-0.15, -0.1) is 0 Å². The van der Waals surface area contributed by atoms with Gasteiger partial charge in [0.15, 0.2) is 0 Å². The summed E-state index contributed by atoms with van der Waals surface area (Å²) in [6.07, 6.45) is 9.17. The third-order valence-electron chi connectivity index (χ3n) is 2.14. The molecule has 15 heavy (non-hydrogen) atoms. The molecular weight excluding hydrogens is 184 g/mol. The fourth-order valence-corrected chi connectivity index (χ4v) is 1.20. The van der Waals surface area contributed by atoms with Crippen molar-refractivity contribution in [2.24, 2.45) is 0 Å². The molecule has 0 aliphatic rings. The molecule has 0 fully saturated rings. The Morgan fingerprint density at radius 3 is 2.60 bits per heavy atom. The van der Waals surface area contributed by atoms with E-state index < -0.39 is 0 Å². The number of hydrogen-bond acceptors (Lipinski definition) is 1. The molecule has 0 aliphatic heterocycles. The normalized spacial score (nSPS) is 10.5. The topological polar surface area (TPSA) is 9.23 Å². The van der Waals surface area contributed by atoms with E-state index in [-0.39, 0.29) is 0 Å². The van der Waals surface area contributed by atoms with Gasteiger partial charge < -0.3 is 4.74 Å². The Morgan fingerprint density at radius 2 is 2.00 bits per heavy atom. The van der Waals surface area contributed by atoms with E-state index in [0.29, 0.717) is 0 Å². The zero-order valence-electron chi connectivity index (χ0n) is 9.28. The van der Waals surface area contributed by atoms with Crippen molar-refractivity contribution < 1.29 is 4.74 Å². The van der Waals surface area contributed by atoms with Gasteiger partial charge in [0.2, 0.25) is 0 Å². The summed E-state index contributed by atoms with van der Waals surface area (Å²) in [6.45, 7) is 5.88. The highest BCUT2D eigenvalue weighted by Crippen LogP contribution is 2.13. The van der Waals surface area contributed by atoms with Gasteiger partial charge in [-0.1, -0.05) is 38.1 Å². The van der Waals surface area contributed by atoms with Gasteiger partial charge in [0.1, 0.15) is 5.75 Å². The van der Waals surface area contributed by atoms with Crippen LogP contribution in [0, 0.1) is 0 Å². The average Bonchev–Trinajstić information content (AvgIpc) is 2.30. The molecule has 0 amide bonds. The number of ether oxygens (including phenoxy) is 1. The van der Waals surface area contributed by atoms with Crippen LogP contribution in [-0.2, 0) is 0 Å². The maximum atomic E-state index is 5.44. The highest BCUT2D eigenvalue weighted by Gasteiger charge is 1.89. The first-order chi connectivity index (χ1) is 7.36. The summed E-state index contributed by atoms with van der Waals surface area (Å²) in [5.74, 6) is 0.869. The molecule has 1 aromatic rings. The molecule has 0 aliphatic carbocycles. The van der Waals surface area contributed by atoms with E-state index in [2.05, 4.69) is 19.6 Å². The minimum atomic E-state index is 0.869. The molecule has 0 atom stereocenters. The molecule has 1 nitrogen and oxygen atoms in total. The molecule has 0 saturated carbocycles. The van der Waals surface area contributed by atoms with E-state index in [9.17, 15) is 0 Å². The number of unbranched alkanes of at least 4 members (excludes halogenated alkanes) is 2. The first-order valence-electron chi connectivity index (χ1n) is 5.41. The minimum Gasteiger partial charge on any atom is -0.465 e. The van der Waals surface area contributed by atoms with E-state index in [1.165, 1.54) is 12.8 Å². The zero-order valence-corrected chi connectivity index (χ0v) is 9.28. The predicted octanol–water partition coefficient (Wildman–Crippen LogP) is 4.41. The van der Waals surface area contributed by atoms with Gasteiger partial charge in [-0.05, 0) is 36.6 Å². The zero-order chi connectivity index (χ0) is 10.9. The summed E-state index contributed by atoms with van der Waals surface area (Å²) in [4.78, 5) is 0. The Kier molecular flexibility index (Phi) is 5.31. The molecule has 0 saturated heterocycles. The maximum absolute atomic E-state index is 5.44. The highest BCUT2D eigenvalue weighted by molar-refractivity contribution is 5.48. The standard InChI is InChI=1S/C14H18O/c1-3-5-6-7-12-15-14-10-8-13(4-2)9-11-14/h4,7-12H,2-3,5-6H2,1H3/b12-7+. The quantitative estimate of drug-likeness (QED) is 0.490. The molecule has 0 aromatic heterocycles. The molecule has 0 radical (unpaired) electrons. The van der Waals surface area contributed by atoms with Crippen LogP contribution in [0.1, 0.15) is 31.7 Å². The Bertz CT molecular complexity index is 309. The van der Waals surface area contributed by atoms with Crippen LogP contribution >= 0.6 is 0 Å². The predicted molar refractivity (Wildman–Crippen MR) is 65.8 cm³/mol. The fraction of sp³-hybridized carbons (Fsp3) is 0.286. The van der Waals surface area contributed by atoms with Gasteiger partial charge >= 0.3 is 0 Å². The van der Waals surface area contributed by atoms with Crippen LogP contribution in [0.5, 0.6) is 5.75 Å². The number of hydrogen-bond donors (Lipinski definition) is 0. The van der Waals surface area contributed by atoms with Crippen molar-refractivity contribution in [3.05, 3.63) is 48.7 Å². The van der Waals surface area contributed by atoms with Gasteiger partial charge in [-0.2, -0.15) is 0 Å². The van der Waals surface area contributed by atoms with E-state index in [1.54, 1.807) is 6.26 Å². The lowest BCUT2D eigenvalue weighted by molar-refractivity contribution is 0.478. The Hall–Kier alpha value is -1.50. The first-order valence-corrected chi connectivity index (χ1v) is 5.41. The van der Waals surface area contributed by atoms with E-state index in [1.807, 2.05) is 30.3 Å². The molecule has 0 bridgehead atoms. The second-order valence-electron chi connectivity index (χ2n) is 3.41. The van der Waals surface area contributed by atoms with Crippen molar-refractivity contribution in [3.8, 4) is 5.75 Å². The van der Waals surface area contributed by atoms with Crippen molar-refractivity contribution in [3.63, 3.8) is 0 Å². The van der Waals surface area contributed by atoms with Crippen LogP contribution in [0.4, 0.5) is 0 Å². The second-order valence-corrected chi connectivity index (χ2v) is 3.41. The van der Waals surface area contributed by atoms with Crippen LogP contribution in [0.15, 0.2) is 43.2 Å². The lowest BCUT2D eigenvalue weighted by Gasteiger charge is -2.00. The Labute approximate surface area is 92.1 Å². The summed E-state index contributed by atoms with van der Waals surface area (Å²) in [5, 5.41) is 0. The van der Waals surface area contributed by atoms with Crippen LogP contribution in [0.2, 0.25) is 0 Å². The SMILES string of the molecule is C=Cc1ccc(O/C=C/CCCC)cc1. The van der Waals surface area contributed by atoms with Crippen molar-refractivity contribution in [2.75, 3.05) is 0 Å². The van der Waals surface area contributed by atoms with Crippen LogP contribution in [0.3, 0.4) is 0 Å². The van der Waals surface area contributed by atoms with E-state index in [4.69, 9.17) is 4.74 Å². The summed E-state index contributed by atoms with van der Waals surface area (Å²) >= 11 is 0. The van der Waals surface area contributed by atoms with Crippen LogP contribution in [0.25, 0.3) is 6.08 Å². The van der Waals surface area contributed by atoms with Gasteiger partial charge in [-0.3, -0.25) is 0 Å². The summed E-state index contributed by atoms with van der Waals surface area (Å²) in [6, 6.07) is 7.87. The molecule has 0 unspecified atom stereocenters.